The molecule has 0 fully saturated rings. The van der Waals surface area contributed by atoms with E-state index in [-0.39, 0.29) is 13.0 Å². The van der Waals surface area contributed by atoms with Gasteiger partial charge in [-0.25, -0.2) is 0 Å². The van der Waals surface area contributed by atoms with Gasteiger partial charge in [0.15, 0.2) is 11.5 Å². The van der Waals surface area contributed by atoms with Crippen LogP contribution in [-0.2, 0) is 24.2 Å². The predicted octanol–water partition coefficient (Wildman–Crippen LogP) is 3.20. The highest BCUT2D eigenvalue weighted by Gasteiger charge is 2.18. The number of fused-ring (bicyclic) bond motifs is 1. The molecule has 1 heterocycles. The molecule has 2 aromatic carbocycles. The summed E-state index contributed by atoms with van der Waals surface area (Å²) < 4.78 is 11.6. The number of ether oxygens (including phenoxy) is 2. The third kappa shape index (κ3) is 6.88. The second-order valence-corrected chi connectivity index (χ2v) is 8.82. The van der Waals surface area contributed by atoms with E-state index in [1.807, 2.05) is 44.2 Å². The summed E-state index contributed by atoms with van der Waals surface area (Å²) >= 11 is 0. The van der Waals surface area contributed by atoms with Crippen molar-refractivity contribution < 1.29 is 24.5 Å². The number of hydrogen-bond donors (Lipinski definition) is 5. The molecule has 0 spiro atoms. The third-order valence-electron chi connectivity index (χ3n) is 6.20. The van der Waals surface area contributed by atoms with Crippen molar-refractivity contribution in [2.24, 2.45) is 5.73 Å². The van der Waals surface area contributed by atoms with Gasteiger partial charge in [-0.1, -0.05) is 19.1 Å². The van der Waals surface area contributed by atoms with Gasteiger partial charge in [0, 0.05) is 35.4 Å². The van der Waals surface area contributed by atoms with Crippen molar-refractivity contribution in [3.63, 3.8) is 0 Å². The van der Waals surface area contributed by atoms with Gasteiger partial charge in [0.1, 0.15) is 0 Å². The Hall–Kier alpha value is -3.40. The van der Waals surface area contributed by atoms with E-state index in [1.54, 1.807) is 13.1 Å². The number of aliphatic hydroxyl groups is 2. The number of benzene rings is 2. The smallest absolute Gasteiger partial charge is 0.221 e. The van der Waals surface area contributed by atoms with Crippen LogP contribution in [0.4, 0.5) is 11.4 Å². The van der Waals surface area contributed by atoms with E-state index in [4.69, 9.17) is 15.2 Å². The lowest BCUT2D eigenvalue weighted by atomic mass is 10.0. The van der Waals surface area contributed by atoms with E-state index < -0.39 is 18.1 Å². The van der Waals surface area contributed by atoms with Crippen molar-refractivity contribution in [3.8, 4) is 11.5 Å². The molecule has 0 aliphatic heterocycles. The fourth-order valence-corrected chi connectivity index (χ4v) is 4.35. The quantitative estimate of drug-likeness (QED) is 0.223. The lowest BCUT2D eigenvalue weighted by molar-refractivity contribution is -0.117. The van der Waals surface area contributed by atoms with E-state index >= 15 is 0 Å². The number of rotatable bonds is 14. The van der Waals surface area contributed by atoms with Crippen LogP contribution in [0, 0.1) is 0 Å². The predicted molar refractivity (Wildman–Crippen MR) is 145 cm³/mol. The van der Waals surface area contributed by atoms with Crippen molar-refractivity contribution in [1.82, 2.24) is 10.3 Å². The zero-order valence-corrected chi connectivity index (χ0v) is 22.0. The number of carbonyl (C=O) groups is 1. The second-order valence-electron chi connectivity index (χ2n) is 8.82. The summed E-state index contributed by atoms with van der Waals surface area (Å²) in [5.41, 5.74) is 10.7. The van der Waals surface area contributed by atoms with Crippen LogP contribution in [0.25, 0.3) is 10.9 Å². The number of nitrogens with two attached hydrogens (primary N) is 1. The summed E-state index contributed by atoms with van der Waals surface area (Å²) in [6, 6.07) is 9.25. The van der Waals surface area contributed by atoms with Crippen LogP contribution < -0.4 is 25.8 Å². The fourth-order valence-electron chi connectivity index (χ4n) is 4.35. The zero-order valence-electron chi connectivity index (χ0n) is 22.0. The van der Waals surface area contributed by atoms with Crippen LogP contribution in [0.5, 0.6) is 11.5 Å². The van der Waals surface area contributed by atoms with Crippen LogP contribution in [-0.4, -0.2) is 53.1 Å². The van der Waals surface area contributed by atoms with Crippen molar-refractivity contribution in [2.45, 2.75) is 59.2 Å². The first-order valence-electron chi connectivity index (χ1n) is 12.7. The minimum atomic E-state index is -0.683. The van der Waals surface area contributed by atoms with Crippen molar-refractivity contribution in [2.75, 3.05) is 25.1 Å². The van der Waals surface area contributed by atoms with Crippen molar-refractivity contribution in [3.05, 3.63) is 53.2 Å². The summed E-state index contributed by atoms with van der Waals surface area (Å²) in [5, 5.41) is 27.0. The van der Waals surface area contributed by atoms with Crippen LogP contribution in [0.3, 0.4) is 0 Å². The van der Waals surface area contributed by atoms with Gasteiger partial charge in [0.05, 0.1) is 49.6 Å². The van der Waals surface area contributed by atoms with Gasteiger partial charge in [0.25, 0.3) is 0 Å². The Morgan fingerprint density at radius 2 is 1.81 bits per heavy atom. The number of hydrogen-bond acceptors (Lipinski definition) is 8. The molecule has 6 N–H and O–H groups in total. The van der Waals surface area contributed by atoms with Gasteiger partial charge in [-0.15, -0.1) is 0 Å². The van der Waals surface area contributed by atoms with E-state index in [0.717, 1.165) is 34.3 Å². The Bertz CT molecular complexity index is 1210. The maximum atomic E-state index is 11.9. The number of carbonyl (C=O) groups excluding carboxylic acids is 1. The van der Waals surface area contributed by atoms with Crippen LogP contribution in [0.15, 0.2) is 36.5 Å². The molecule has 1 aromatic heterocycles. The Balaban J connectivity index is 2.11. The van der Waals surface area contributed by atoms with E-state index in [1.165, 1.54) is 0 Å². The van der Waals surface area contributed by atoms with Crippen molar-refractivity contribution >= 4 is 28.2 Å². The Morgan fingerprint density at radius 3 is 2.41 bits per heavy atom. The van der Waals surface area contributed by atoms with Gasteiger partial charge in [-0.2, -0.15) is 0 Å². The summed E-state index contributed by atoms with van der Waals surface area (Å²) in [6.45, 7) is 8.81. The Labute approximate surface area is 218 Å². The molecule has 2 atom stereocenters. The highest BCUT2D eigenvalue weighted by molar-refractivity contribution is 5.98. The molecular formula is C28H38N4O5. The third-order valence-corrected chi connectivity index (χ3v) is 6.20. The number of nitrogens with one attached hydrogen (secondary N) is 2. The SMILES string of the molecule is CCOc1cc2ncc(CC(N)=O)c(Nc3cccc(CN[C@@H](CO)[C@@H](C)O)c3CC)c2cc1OCC. The summed E-state index contributed by atoms with van der Waals surface area (Å²) in [5.74, 6) is 0.749. The Kier molecular flexibility index (Phi) is 10.1. The first kappa shape index (κ1) is 28.2. The van der Waals surface area contributed by atoms with Crippen LogP contribution in [0.2, 0.25) is 0 Å². The van der Waals surface area contributed by atoms with Gasteiger partial charge >= 0.3 is 0 Å². The molecule has 200 valence electrons. The molecule has 0 radical (unpaired) electrons. The van der Waals surface area contributed by atoms with Gasteiger partial charge in [-0.3, -0.25) is 9.78 Å². The maximum Gasteiger partial charge on any atom is 0.221 e. The maximum absolute atomic E-state index is 11.9. The molecule has 9 heteroatoms. The molecule has 0 bridgehead atoms. The molecule has 0 aliphatic rings. The number of pyridine rings is 1. The molecular weight excluding hydrogens is 472 g/mol. The average molecular weight is 511 g/mol. The van der Waals surface area contributed by atoms with Gasteiger partial charge in [0.2, 0.25) is 5.91 Å². The first-order chi connectivity index (χ1) is 17.8. The Morgan fingerprint density at radius 1 is 1.11 bits per heavy atom. The standard InChI is InChI=1S/C28H38N4O5/c1-5-20-18(14-31-24(16-33)17(4)34)9-8-10-22(20)32-28-19(11-27(29)35)15-30-23-13-26(37-7-3)25(36-6-2)12-21(23)28/h8-10,12-13,15,17,24,31,33-34H,5-7,11,14,16H2,1-4H3,(H2,29,35)(H,30,32)/t17-,24+/m1/s1. The summed E-state index contributed by atoms with van der Waals surface area (Å²) in [7, 11) is 0. The lowest BCUT2D eigenvalue weighted by Gasteiger charge is -2.22. The number of primary amides is 1. The van der Waals surface area contributed by atoms with E-state index in [9.17, 15) is 15.0 Å². The molecule has 0 saturated heterocycles. The molecule has 9 nitrogen and oxygen atoms in total. The number of nitrogens with zero attached hydrogens (tertiary/aromatic N) is 1. The number of amides is 1. The molecule has 3 rings (SSSR count). The number of aliphatic hydroxyl groups excluding tert-OH is 2. The molecule has 0 saturated carbocycles. The zero-order chi connectivity index (χ0) is 26.9. The highest BCUT2D eigenvalue weighted by Crippen LogP contribution is 2.38. The second kappa shape index (κ2) is 13.2. The van der Waals surface area contributed by atoms with Crippen molar-refractivity contribution in [1.29, 1.82) is 0 Å². The van der Waals surface area contributed by atoms with Crippen LogP contribution >= 0.6 is 0 Å². The largest absolute Gasteiger partial charge is 0.490 e. The fraction of sp³-hybridized carbons (Fsp3) is 0.429. The minimum Gasteiger partial charge on any atom is -0.490 e. The molecule has 3 aromatic rings. The van der Waals surface area contributed by atoms with E-state index in [2.05, 4.69) is 22.5 Å². The van der Waals surface area contributed by atoms with Gasteiger partial charge in [-0.05, 0) is 50.5 Å². The molecule has 1 amide bonds. The summed E-state index contributed by atoms with van der Waals surface area (Å²) in [6.07, 6.45) is 1.75. The minimum absolute atomic E-state index is 0.0255. The van der Waals surface area contributed by atoms with Gasteiger partial charge < -0.3 is 36.1 Å². The molecule has 0 unspecified atom stereocenters. The lowest BCUT2D eigenvalue weighted by Crippen LogP contribution is -2.40. The summed E-state index contributed by atoms with van der Waals surface area (Å²) in [4.78, 5) is 16.5. The number of aromatic nitrogens is 1. The van der Waals surface area contributed by atoms with Crippen LogP contribution in [0.1, 0.15) is 44.4 Å². The number of anilines is 2. The topological polar surface area (TPSA) is 139 Å². The monoisotopic (exact) mass is 510 g/mol. The molecule has 37 heavy (non-hydrogen) atoms. The molecule has 0 aliphatic carbocycles. The first-order valence-corrected chi connectivity index (χ1v) is 12.7. The highest BCUT2D eigenvalue weighted by atomic mass is 16.5. The van der Waals surface area contributed by atoms with E-state index in [0.29, 0.717) is 42.3 Å². The normalized spacial score (nSPS) is 12.8. The average Bonchev–Trinajstić information content (AvgIpc) is 2.86.